The van der Waals surface area contributed by atoms with Crippen LogP contribution in [0.15, 0.2) is 29.2 Å². The summed E-state index contributed by atoms with van der Waals surface area (Å²) in [5.74, 6) is -0.545. The van der Waals surface area contributed by atoms with Gasteiger partial charge in [0.1, 0.15) is 12.1 Å². The molecule has 0 spiro atoms. The van der Waals surface area contributed by atoms with E-state index < -0.39 is 34.0 Å². The van der Waals surface area contributed by atoms with Crippen molar-refractivity contribution in [2.45, 2.75) is 50.0 Å². The monoisotopic (exact) mass is 448 g/mol. The van der Waals surface area contributed by atoms with Gasteiger partial charge in [0.05, 0.1) is 4.90 Å². The summed E-state index contributed by atoms with van der Waals surface area (Å²) in [5, 5.41) is 5.51. The number of anilines is 1. The maximum atomic E-state index is 13.1. The van der Waals surface area contributed by atoms with E-state index in [-0.39, 0.29) is 22.6 Å². The maximum Gasteiger partial charge on any atom is 0.325 e. The van der Waals surface area contributed by atoms with E-state index in [1.54, 1.807) is 26.0 Å². The first-order valence-electron chi connectivity index (χ1n) is 10.8. The fourth-order valence-electron chi connectivity index (χ4n) is 4.51. The number of nitrogens with one attached hydrogen (secondary N) is 2. The van der Waals surface area contributed by atoms with Crippen LogP contribution in [0.5, 0.6) is 0 Å². The van der Waals surface area contributed by atoms with Gasteiger partial charge < -0.3 is 10.6 Å². The SMILES string of the molecule is CCN(CC)S(=O)(=O)c1cccc(NC(=O)CN2C(=O)NC(C3CC3)(C3CC3)C2=O)c1. The highest BCUT2D eigenvalue weighted by atomic mass is 32.2. The van der Waals surface area contributed by atoms with Gasteiger partial charge >= 0.3 is 6.03 Å². The van der Waals surface area contributed by atoms with Gasteiger partial charge in [-0.2, -0.15) is 4.31 Å². The molecule has 1 aromatic rings. The van der Waals surface area contributed by atoms with Gasteiger partial charge in [-0.05, 0) is 55.7 Å². The predicted octanol–water partition coefficient (Wildman–Crippen LogP) is 1.77. The second kappa shape index (κ2) is 7.90. The molecule has 2 aliphatic carbocycles. The summed E-state index contributed by atoms with van der Waals surface area (Å²) in [5.41, 5.74) is -0.546. The number of nitrogens with zero attached hydrogens (tertiary/aromatic N) is 2. The largest absolute Gasteiger partial charge is 0.325 e. The minimum absolute atomic E-state index is 0.0745. The zero-order valence-electron chi connectivity index (χ0n) is 17.8. The minimum atomic E-state index is -3.67. The van der Waals surface area contributed by atoms with E-state index in [1.807, 2.05) is 0 Å². The van der Waals surface area contributed by atoms with E-state index in [1.165, 1.54) is 16.4 Å². The van der Waals surface area contributed by atoms with Gasteiger partial charge in [0.2, 0.25) is 15.9 Å². The molecule has 0 bridgehead atoms. The van der Waals surface area contributed by atoms with Crippen LogP contribution in [-0.2, 0) is 19.6 Å². The Bertz CT molecular complexity index is 1000. The minimum Gasteiger partial charge on any atom is -0.324 e. The first kappa shape index (κ1) is 21.8. The molecular formula is C21H28N4O5S. The molecule has 4 amide bonds. The van der Waals surface area contributed by atoms with Crippen LogP contribution in [0.2, 0.25) is 0 Å². The van der Waals surface area contributed by atoms with Crippen LogP contribution >= 0.6 is 0 Å². The molecule has 2 saturated carbocycles. The number of imide groups is 1. The van der Waals surface area contributed by atoms with Gasteiger partial charge in [0, 0.05) is 18.8 Å². The maximum absolute atomic E-state index is 13.1. The normalized spacial score (nSPS) is 20.8. The lowest BCUT2D eigenvalue weighted by Gasteiger charge is -2.26. The standard InChI is InChI=1S/C21H28N4O5S/c1-3-24(4-2)31(29,30)17-7-5-6-16(12-17)22-18(26)13-25-19(27)21(14-8-9-14,15-10-11-15)23-20(25)28/h5-7,12,14-15H,3-4,8-11,13H2,1-2H3,(H,22,26)(H,23,28). The average molecular weight is 449 g/mol. The fourth-order valence-corrected chi connectivity index (χ4v) is 6.02. The quantitative estimate of drug-likeness (QED) is 0.559. The van der Waals surface area contributed by atoms with Crippen LogP contribution in [0, 0.1) is 11.8 Å². The summed E-state index contributed by atoms with van der Waals surface area (Å²) in [4.78, 5) is 39.3. The average Bonchev–Trinajstić information content (AvgIpc) is 3.63. The third-order valence-electron chi connectivity index (χ3n) is 6.36. The van der Waals surface area contributed by atoms with Crippen LogP contribution in [0.4, 0.5) is 10.5 Å². The predicted molar refractivity (Wildman–Crippen MR) is 114 cm³/mol. The summed E-state index contributed by atoms with van der Waals surface area (Å²) in [6.45, 7) is 3.79. The van der Waals surface area contributed by atoms with Crippen LogP contribution in [0.25, 0.3) is 0 Å². The summed E-state index contributed by atoms with van der Waals surface area (Å²) >= 11 is 0. The molecule has 31 heavy (non-hydrogen) atoms. The topological polar surface area (TPSA) is 116 Å². The summed E-state index contributed by atoms with van der Waals surface area (Å²) in [6, 6.07) is 5.45. The Morgan fingerprint density at radius 2 is 1.77 bits per heavy atom. The van der Waals surface area contributed by atoms with E-state index in [9.17, 15) is 22.8 Å². The number of amides is 4. The Balaban J connectivity index is 1.46. The lowest BCUT2D eigenvalue weighted by Crippen LogP contribution is -2.51. The molecule has 1 saturated heterocycles. The van der Waals surface area contributed by atoms with Gasteiger partial charge in [-0.25, -0.2) is 13.2 Å². The highest BCUT2D eigenvalue weighted by Crippen LogP contribution is 2.54. The van der Waals surface area contributed by atoms with Crippen molar-refractivity contribution in [1.82, 2.24) is 14.5 Å². The second-order valence-electron chi connectivity index (χ2n) is 8.40. The molecule has 1 aliphatic heterocycles. The molecule has 168 valence electrons. The Kier molecular flexibility index (Phi) is 5.55. The second-order valence-corrected chi connectivity index (χ2v) is 10.3. The lowest BCUT2D eigenvalue weighted by atomic mass is 9.87. The lowest BCUT2D eigenvalue weighted by molar-refractivity contribution is -0.135. The molecule has 3 aliphatic rings. The number of rotatable bonds is 9. The van der Waals surface area contributed by atoms with Crippen molar-refractivity contribution in [2.75, 3.05) is 25.0 Å². The molecule has 0 aromatic heterocycles. The van der Waals surface area contributed by atoms with E-state index in [4.69, 9.17) is 0 Å². The highest BCUT2D eigenvalue weighted by Gasteiger charge is 2.65. The van der Waals surface area contributed by atoms with Gasteiger partial charge in [-0.3, -0.25) is 14.5 Å². The van der Waals surface area contributed by atoms with Gasteiger partial charge in [-0.15, -0.1) is 0 Å². The number of sulfonamides is 1. The summed E-state index contributed by atoms with van der Waals surface area (Å²) < 4.78 is 26.8. The van der Waals surface area contributed by atoms with Crippen molar-refractivity contribution < 1.29 is 22.8 Å². The number of carbonyl (C=O) groups is 3. The summed E-state index contributed by atoms with van der Waals surface area (Å²) in [6.07, 6.45) is 3.65. The van der Waals surface area contributed by atoms with Crippen molar-refractivity contribution in [3.05, 3.63) is 24.3 Å². The molecule has 4 rings (SSSR count). The number of urea groups is 1. The van der Waals surface area contributed by atoms with E-state index in [0.717, 1.165) is 30.6 Å². The van der Waals surface area contributed by atoms with Crippen molar-refractivity contribution in [3.63, 3.8) is 0 Å². The fraction of sp³-hybridized carbons (Fsp3) is 0.571. The molecular weight excluding hydrogens is 420 g/mol. The third kappa shape index (κ3) is 3.82. The number of carbonyl (C=O) groups excluding carboxylic acids is 3. The smallest absolute Gasteiger partial charge is 0.324 e. The van der Waals surface area contributed by atoms with Crippen molar-refractivity contribution in [3.8, 4) is 0 Å². The molecule has 0 unspecified atom stereocenters. The van der Waals surface area contributed by atoms with Gasteiger partial charge in [0.15, 0.2) is 0 Å². The van der Waals surface area contributed by atoms with Crippen LogP contribution in [0.1, 0.15) is 39.5 Å². The van der Waals surface area contributed by atoms with E-state index in [0.29, 0.717) is 18.8 Å². The Morgan fingerprint density at radius 3 is 2.32 bits per heavy atom. The number of hydrogen-bond donors (Lipinski definition) is 2. The molecule has 0 radical (unpaired) electrons. The van der Waals surface area contributed by atoms with Crippen LogP contribution in [-0.4, -0.2) is 60.6 Å². The van der Waals surface area contributed by atoms with Crippen LogP contribution in [0.3, 0.4) is 0 Å². The molecule has 2 N–H and O–H groups in total. The highest BCUT2D eigenvalue weighted by molar-refractivity contribution is 7.89. The molecule has 1 heterocycles. The van der Waals surface area contributed by atoms with Crippen molar-refractivity contribution >= 4 is 33.6 Å². The Hall–Kier alpha value is -2.46. The molecule has 1 aromatic carbocycles. The third-order valence-corrected chi connectivity index (χ3v) is 8.41. The molecule has 3 fully saturated rings. The Labute approximate surface area is 182 Å². The van der Waals surface area contributed by atoms with Gasteiger partial charge in [-0.1, -0.05) is 19.9 Å². The van der Waals surface area contributed by atoms with Crippen LogP contribution < -0.4 is 10.6 Å². The molecule has 9 nitrogen and oxygen atoms in total. The Morgan fingerprint density at radius 1 is 1.16 bits per heavy atom. The zero-order valence-corrected chi connectivity index (χ0v) is 18.6. The first-order valence-corrected chi connectivity index (χ1v) is 12.2. The van der Waals surface area contributed by atoms with E-state index >= 15 is 0 Å². The van der Waals surface area contributed by atoms with Gasteiger partial charge in [0.25, 0.3) is 5.91 Å². The molecule has 0 atom stereocenters. The zero-order chi connectivity index (χ0) is 22.4. The molecule has 10 heteroatoms. The number of benzene rings is 1. The van der Waals surface area contributed by atoms with Crippen molar-refractivity contribution in [1.29, 1.82) is 0 Å². The van der Waals surface area contributed by atoms with E-state index in [2.05, 4.69) is 10.6 Å². The van der Waals surface area contributed by atoms with Crippen molar-refractivity contribution in [2.24, 2.45) is 11.8 Å². The summed E-state index contributed by atoms with van der Waals surface area (Å²) in [7, 11) is -3.67. The number of hydrogen-bond acceptors (Lipinski definition) is 5. The first-order chi connectivity index (χ1) is 14.7.